The van der Waals surface area contributed by atoms with Gasteiger partial charge >= 0.3 is 0 Å². The molecular weight excluding hydrogens is 168 g/mol. The van der Waals surface area contributed by atoms with Crippen LogP contribution in [-0.4, -0.2) is 22.1 Å². The SMILES string of the molecule is CC(C)Oc1nnccc1C(=N)N. The molecule has 0 unspecified atom stereocenters. The van der Waals surface area contributed by atoms with E-state index in [9.17, 15) is 0 Å². The molecule has 0 atom stereocenters. The van der Waals surface area contributed by atoms with E-state index in [4.69, 9.17) is 15.9 Å². The standard InChI is InChI=1S/C8H12N4O/c1-5(2)13-8-6(7(9)10)3-4-11-12-8/h3-5H,1-2H3,(H3,9,10). The number of aromatic nitrogens is 2. The smallest absolute Gasteiger partial charge is 0.244 e. The maximum absolute atomic E-state index is 7.25. The fraction of sp³-hybridized carbons (Fsp3) is 0.375. The average molecular weight is 180 g/mol. The van der Waals surface area contributed by atoms with E-state index in [1.54, 1.807) is 6.07 Å². The highest BCUT2D eigenvalue weighted by atomic mass is 16.5. The van der Waals surface area contributed by atoms with E-state index in [0.29, 0.717) is 11.4 Å². The van der Waals surface area contributed by atoms with Gasteiger partial charge in [-0.3, -0.25) is 5.41 Å². The van der Waals surface area contributed by atoms with E-state index in [2.05, 4.69) is 10.2 Å². The van der Waals surface area contributed by atoms with Crippen molar-refractivity contribution in [3.05, 3.63) is 17.8 Å². The lowest BCUT2D eigenvalue weighted by molar-refractivity contribution is 0.229. The lowest BCUT2D eigenvalue weighted by Crippen LogP contribution is -2.16. The normalized spacial score (nSPS) is 10.1. The summed E-state index contributed by atoms with van der Waals surface area (Å²) in [5.74, 6) is 0.246. The third kappa shape index (κ3) is 2.40. The van der Waals surface area contributed by atoms with Crippen molar-refractivity contribution in [1.82, 2.24) is 10.2 Å². The molecule has 1 heterocycles. The number of nitrogens with zero attached hydrogens (tertiary/aromatic N) is 2. The van der Waals surface area contributed by atoms with Crippen LogP contribution >= 0.6 is 0 Å². The van der Waals surface area contributed by atoms with E-state index in [1.165, 1.54) is 6.20 Å². The van der Waals surface area contributed by atoms with Gasteiger partial charge in [0.2, 0.25) is 5.88 Å². The molecular formula is C8H12N4O. The molecule has 0 spiro atoms. The largest absolute Gasteiger partial charge is 0.473 e. The summed E-state index contributed by atoms with van der Waals surface area (Å²) in [7, 11) is 0. The summed E-state index contributed by atoms with van der Waals surface area (Å²) < 4.78 is 5.31. The van der Waals surface area contributed by atoms with Crippen LogP contribution in [0, 0.1) is 5.41 Å². The van der Waals surface area contributed by atoms with Crippen molar-refractivity contribution in [2.75, 3.05) is 0 Å². The minimum atomic E-state index is -0.0643. The molecule has 13 heavy (non-hydrogen) atoms. The number of rotatable bonds is 3. The molecule has 0 fully saturated rings. The number of nitrogens with two attached hydrogens (primary N) is 1. The molecule has 0 bridgehead atoms. The van der Waals surface area contributed by atoms with Gasteiger partial charge in [-0.25, -0.2) is 0 Å². The Morgan fingerprint density at radius 1 is 1.62 bits per heavy atom. The molecule has 3 N–H and O–H groups in total. The van der Waals surface area contributed by atoms with E-state index < -0.39 is 0 Å². The highest BCUT2D eigenvalue weighted by molar-refractivity contribution is 5.96. The van der Waals surface area contributed by atoms with Crippen LogP contribution in [0.2, 0.25) is 0 Å². The third-order valence-corrected chi connectivity index (χ3v) is 1.32. The minimum Gasteiger partial charge on any atom is -0.473 e. The maximum atomic E-state index is 7.25. The van der Waals surface area contributed by atoms with Crippen LogP contribution in [-0.2, 0) is 0 Å². The Kier molecular flexibility index (Phi) is 2.79. The first-order valence-corrected chi connectivity index (χ1v) is 3.94. The summed E-state index contributed by atoms with van der Waals surface area (Å²) >= 11 is 0. The zero-order valence-corrected chi connectivity index (χ0v) is 7.61. The fourth-order valence-corrected chi connectivity index (χ4v) is 0.834. The van der Waals surface area contributed by atoms with Gasteiger partial charge in [0.15, 0.2) is 0 Å². The first kappa shape index (κ1) is 9.44. The van der Waals surface area contributed by atoms with Gasteiger partial charge in [-0.05, 0) is 19.9 Å². The van der Waals surface area contributed by atoms with Gasteiger partial charge in [0.05, 0.1) is 17.9 Å². The van der Waals surface area contributed by atoms with Crippen molar-refractivity contribution in [2.24, 2.45) is 5.73 Å². The van der Waals surface area contributed by atoms with Crippen LogP contribution < -0.4 is 10.5 Å². The number of hydrogen-bond acceptors (Lipinski definition) is 4. The van der Waals surface area contributed by atoms with Gasteiger partial charge in [-0.2, -0.15) is 5.10 Å². The van der Waals surface area contributed by atoms with Crippen molar-refractivity contribution >= 4 is 5.84 Å². The zero-order chi connectivity index (χ0) is 9.84. The predicted octanol–water partition coefficient (Wildman–Crippen LogP) is 0.548. The Balaban J connectivity index is 2.98. The van der Waals surface area contributed by atoms with Crippen molar-refractivity contribution in [2.45, 2.75) is 20.0 Å². The second-order valence-electron chi connectivity index (χ2n) is 2.83. The minimum absolute atomic E-state index is 0.00481. The molecule has 5 nitrogen and oxygen atoms in total. The summed E-state index contributed by atoms with van der Waals surface area (Å²) in [6.45, 7) is 3.75. The zero-order valence-electron chi connectivity index (χ0n) is 7.61. The van der Waals surface area contributed by atoms with Crippen LogP contribution in [0.1, 0.15) is 19.4 Å². The summed E-state index contributed by atoms with van der Waals surface area (Å²) in [5, 5.41) is 14.7. The molecule has 70 valence electrons. The molecule has 0 aliphatic carbocycles. The molecule has 0 aliphatic rings. The molecule has 1 rings (SSSR count). The van der Waals surface area contributed by atoms with Gasteiger partial charge in [0.25, 0.3) is 0 Å². The molecule has 0 amide bonds. The van der Waals surface area contributed by atoms with Crippen LogP contribution in [0.3, 0.4) is 0 Å². The molecule has 5 heteroatoms. The second-order valence-corrected chi connectivity index (χ2v) is 2.83. The van der Waals surface area contributed by atoms with Gasteiger partial charge in [-0.1, -0.05) is 0 Å². The van der Waals surface area contributed by atoms with Gasteiger partial charge in [0, 0.05) is 0 Å². The fourth-order valence-electron chi connectivity index (χ4n) is 0.834. The van der Waals surface area contributed by atoms with E-state index >= 15 is 0 Å². The molecule has 0 radical (unpaired) electrons. The number of amidine groups is 1. The van der Waals surface area contributed by atoms with Gasteiger partial charge < -0.3 is 10.5 Å². The molecule has 0 aromatic carbocycles. The second kappa shape index (κ2) is 3.84. The predicted molar refractivity (Wildman–Crippen MR) is 48.8 cm³/mol. The Labute approximate surface area is 76.4 Å². The van der Waals surface area contributed by atoms with E-state index in [0.717, 1.165) is 0 Å². The van der Waals surface area contributed by atoms with Crippen LogP contribution in [0.4, 0.5) is 0 Å². The Hall–Kier alpha value is -1.65. The summed E-state index contributed by atoms with van der Waals surface area (Å²) in [6, 6.07) is 1.60. The highest BCUT2D eigenvalue weighted by Gasteiger charge is 2.09. The van der Waals surface area contributed by atoms with Crippen molar-refractivity contribution in [1.29, 1.82) is 5.41 Å². The van der Waals surface area contributed by atoms with Gasteiger partial charge in [0.1, 0.15) is 5.84 Å². The summed E-state index contributed by atoms with van der Waals surface area (Å²) in [6.07, 6.45) is 1.47. The lowest BCUT2D eigenvalue weighted by atomic mass is 10.3. The lowest BCUT2D eigenvalue weighted by Gasteiger charge is -2.10. The highest BCUT2D eigenvalue weighted by Crippen LogP contribution is 2.13. The van der Waals surface area contributed by atoms with Crippen molar-refractivity contribution in [3.63, 3.8) is 0 Å². The third-order valence-electron chi connectivity index (χ3n) is 1.32. The topological polar surface area (TPSA) is 84.9 Å². The average Bonchev–Trinajstić information content (AvgIpc) is 2.03. The number of hydrogen-bond donors (Lipinski definition) is 2. The number of ether oxygens (including phenoxy) is 1. The summed E-state index contributed by atoms with van der Waals surface area (Å²) in [4.78, 5) is 0. The molecule has 0 aliphatic heterocycles. The van der Waals surface area contributed by atoms with Crippen molar-refractivity contribution < 1.29 is 4.74 Å². The van der Waals surface area contributed by atoms with Crippen LogP contribution in [0.5, 0.6) is 5.88 Å². The monoisotopic (exact) mass is 180 g/mol. The Morgan fingerprint density at radius 2 is 2.31 bits per heavy atom. The van der Waals surface area contributed by atoms with Crippen LogP contribution in [0.15, 0.2) is 12.3 Å². The quantitative estimate of drug-likeness (QED) is 0.525. The molecule has 0 saturated carbocycles. The molecule has 1 aromatic rings. The first-order chi connectivity index (χ1) is 6.11. The maximum Gasteiger partial charge on any atom is 0.244 e. The van der Waals surface area contributed by atoms with Crippen molar-refractivity contribution in [3.8, 4) is 5.88 Å². The first-order valence-electron chi connectivity index (χ1n) is 3.94. The van der Waals surface area contributed by atoms with E-state index in [-0.39, 0.29) is 11.9 Å². The van der Waals surface area contributed by atoms with E-state index in [1.807, 2.05) is 13.8 Å². The van der Waals surface area contributed by atoms with Gasteiger partial charge in [-0.15, -0.1) is 5.10 Å². The molecule has 0 saturated heterocycles. The Bertz CT molecular complexity index is 311. The van der Waals surface area contributed by atoms with Crippen LogP contribution in [0.25, 0.3) is 0 Å². The summed E-state index contributed by atoms with van der Waals surface area (Å²) in [5.41, 5.74) is 5.80. The molecule has 1 aromatic heterocycles. The number of nitrogens with one attached hydrogen (secondary N) is 1. The number of nitrogen functional groups attached to an aromatic ring is 1. The Morgan fingerprint density at radius 3 is 2.85 bits per heavy atom.